The molecule has 1 aromatic heterocycles. The minimum absolute atomic E-state index is 0.141. The highest BCUT2D eigenvalue weighted by Gasteiger charge is 2.41. The summed E-state index contributed by atoms with van der Waals surface area (Å²) in [6.07, 6.45) is 1.28. The summed E-state index contributed by atoms with van der Waals surface area (Å²) >= 11 is 1.25. The zero-order valence-electron chi connectivity index (χ0n) is 14.4. The predicted octanol–water partition coefficient (Wildman–Crippen LogP) is 2.87. The lowest BCUT2D eigenvalue weighted by Crippen LogP contribution is -2.46. The van der Waals surface area contributed by atoms with Crippen LogP contribution in [0.25, 0.3) is 0 Å². The summed E-state index contributed by atoms with van der Waals surface area (Å²) in [4.78, 5) is 15.4. The van der Waals surface area contributed by atoms with Gasteiger partial charge in [0.1, 0.15) is 10.3 Å². The molecule has 0 spiro atoms. The third kappa shape index (κ3) is 3.78. The second kappa shape index (κ2) is 7.27. The SMILES string of the molecule is Cc1ccc(S(=O)(=O)N2CCCC2C(=O)N(C)Cc2ccccc2)s1. The minimum Gasteiger partial charge on any atom is -0.340 e. The van der Waals surface area contributed by atoms with Gasteiger partial charge >= 0.3 is 0 Å². The third-order valence-corrected chi connectivity index (χ3v) is 7.78. The Balaban J connectivity index is 1.78. The molecule has 2 heterocycles. The van der Waals surface area contributed by atoms with Gasteiger partial charge in [0.2, 0.25) is 5.91 Å². The second-order valence-electron chi connectivity index (χ2n) is 6.32. The number of hydrogen-bond donors (Lipinski definition) is 0. The van der Waals surface area contributed by atoms with Gasteiger partial charge in [0, 0.05) is 25.0 Å². The van der Waals surface area contributed by atoms with Gasteiger partial charge in [-0.15, -0.1) is 11.3 Å². The topological polar surface area (TPSA) is 57.7 Å². The van der Waals surface area contributed by atoms with Crippen molar-refractivity contribution in [3.63, 3.8) is 0 Å². The van der Waals surface area contributed by atoms with E-state index < -0.39 is 16.1 Å². The molecule has 1 aliphatic heterocycles. The summed E-state index contributed by atoms with van der Waals surface area (Å²) in [6, 6.07) is 12.5. The van der Waals surface area contributed by atoms with Gasteiger partial charge in [-0.05, 0) is 37.5 Å². The first-order valence-corrected chi connectivity index (χ1v) is 10.5. The molecular formula is C18H22N2O3S2. The molecule has 7 heteroatoms. The summed E-state index contributed by atoms with van der Waals surface area (Å²) in [5.41, 5.74) is 1.03. The monoisotopic (exact) mass is 378 g/mol. The van der Waals surface area contributed by atoms with Crippen molar-refractivity contribution in [1.82, 2.24) is 9.21 Å². The van der Waals surface area contributed by atoms with Crippen LogP contribution in [-0.4, -0.2) is 43.2 Å². The molecule has 134 valence electrons. The van der Waals surface area contributed by atoms with Crippen molar-refractivity contribution in [1.29, 1.82) is 0 Å². The molecule has 0 saturated carbocycles. The lowest BCUT2D eigenvalue weighted by molar-refractivity contribution is -0.133. The fourth-order valence-electron chi connectivity index (χ4n) is 3.13. The van der Waals surface area contributed by atoms with Gasteiger partial charge < -0.3 is 4.90 Å². The van der Waals surface area contributed by atoms with Crippen LogP contribution in [0.1, 0.15) is 23.3 Å². The Kier molecular flexibility index (Phi) is 5.27. The van der Waals surface area contributed by atoms with Gasteiger partial charge in [-0.3, -0.25) is 4.79 Å². The number of thiophene rings is 1. The van der Waals surface area contributed by atoms with Crippen LogP contribution < -0.4 is 0 Å². The molecule has 0 N–H and O–H groups in total. The Labute approximate surface area is 152 Å². The van der Waals surface area contributed by atoms with Gasteiger partial charge in [0.25, 0.3) is 10.0 Å². The van der Waals surface area contributed by atoms with Crippen LogP contribution in [0.15, 0.2) is 46.7 Å². The average molecular weight is 379 g/mol. The number of sulfonamides is 1. The van der Waals surface area contributed by atoms with Gasteiger partial charge in [-0.2, -0.15) is 4.31 Å². The smallest absolute Gasteiger partial charge is 0.253 e. The zero-order chi connectivity index (χ0) is 18.0. The molecule has 1 saturated heterocycles. The van der Waals surface area contributed by atoms with Crippen LogP contribution in [0.4, 0.5) is 0 Å². The first-order chi connectivity index (χ1) is 11.9. The van der Waals surface area contributed by atoms with E-state index in [-0.39, 0.29) is 5.91 Å². The quantitative estimate of drug-likeness (QED) is 0.804. The van der Waals surface area contributed by atoms with Crippen molar-refractivity contribution in [2.45, 2.75) is 36.6 Å². The minimum atomic E-state index is -3.61. The van der Waals surface area contributed by atoms with E-state index in [0.29, 0.717) is 30.1 Å². The van der Waals surface area contributed by atoms with Crippen molar-refractivity contribution >= 4 is 27.3 Å². The highest BCUT2D eigenvalue weighted by atomic mass is 32.2. The maximum atomic E-state index is 12.9. The molecular weight excluding hydrogens is 356 g/mol. The van der Waals surface area contributed by atoms with E-state index in [1.165, 1.54) is 15.6 Å². The number of rotatable bonds is 5. The van der Waals surface area contributed by atoms with Gasteiger partial charge in [-0.1, -0.05) is 30.3 Å². The van der Waals surface area contributed by atoms with Crippen molar-refractivity contribution < 1.29 is 13.2 Å². The number of amides is 1. The zero-order valence-corrected chi connectivity index (χ0v) is 16.0. The van der Waals surface area contributed by atoms with E-state index in [2.05, 4.69) is 0 Å². The Morgan fingerprint density at radius 1 is 1.24 bits per heavy atom. The standard InChI is InChI=1S/C18H22N2O3S2/c1-14-10-11-17(24-14)25(22,23)20-12-6-9-16(20)18(21)19(2)13-15-7-4-3-5-8-15/h3-5,7-8,10-11,16H,6,9,12-13H2,1-2H3. The summed E-state index contributed by atoms with van der Waals surface area (Å²) in [5, 5.41) is 0. The summed E-state index contributed by atoms with van der Waals surface area (Å²) in [7, 11) is -1.88. The lowest BCUT2D eigenvalue weighted by atomic mass is 10.1. The Morgan fingerprint density at radius 2 is 1.96 bits per heavy atom. The Hall–Kier alpha value is -1.70. The highest BCUT2D eigenvalue weighted by Crippen LogP contribution is 2.30. The molecule has 1 aliphatic rings. The highest BCUT2D eigenvalue weighted by molar-refractivity contribution is 7.91. The van der Waals surface area contributed by atoms with E-state index in [9.17, 15) is 13.2 Å². The van der Waals surface area contributed by atoms with E-state index >= 15 is 0 Å². The second-order valence-corrected chi connectivity index (χ2v) is 9.72. The van der Waals surface area contributed by atoms with Crippen LogP contribution in [0.3, 0.4) is 0 Å². The first-order valence-electron chi connectivity index (χ1n) is 8.27. The van der Waals surface area contributed by atoms with E-state index in [4.69, 9.17) is 0 Å². The number of hydrogen-bond acceptors (Lipinski definition) is 4. The number of aryl methyl sites for hydroxylation is 1. The number of nitrogens with zero attached hydrogens (tertiary/aromatic N) is 2. The predicted molar refractivity (Wildman–Crippen MR) is 98.9 cm³/mol. The van der Waals surface area contributed by atoms with E-state index in [1.54, 1.807) is 24.1 Å². The number of likely N-dealkylation sites (N-methyl/N-ethyl adjacent to an activating group) is 1. The van der Waals surface area contributed by atoms with Crippen molar-refractivity contribution in [3.05, 3.63) is 52.9 Å². The summed E-state index contributed by atoms with van der Waals surface area (Å²) in [6.45, 7) is 2.75. The fourth-order valence-corrected chi connectivity index (χ4v) is 6.19. The number of carbonyl (C=O) groups is 1. The normalized spacial score (nSPS) is 18.4. The molecule has 1 aromatic carbocycles. The number of carbonyl (C=O) groups excluding carboxylic acids is 1. The van der Waals surface area contributed by atoms with Crippen molar-refractivity contribution in [2.75, 3.05) is 13.6 Å². The third-order valence-electron chi connectivity index (χ3n) is 4.41. The van der Waals surface area contributed by atoms with Crippen LogP contribution in [0, 0.1) is 6.92 Å². The first kappa shape index (κ1) is 18.1. The molecule has 2 aromatic rings. The van der Waals surface area contributed by atoms with Crippen molar-refractivity contribution in [2.24, 2.45) is 0 Å². The van der Waals surface area contributed by atoms with Crippen LogP contribution >= 0.6 is 11.3 Å². The average Bonchev–Trinajstić information content (AvgIpc) is 3.24. The molecule has 3 rings (SSSR count). The molecule has 1 amide bonds. The largest absolute Gasteiger partial charge is 0.340 e. The molecule has 1 atom stereocenters. The van der Waals surface area contributed by atoms with E-state index in [1.807, 2.05) is 37.3 Å². The maximum absolute atomic E-state index is 12.9. The summed E-state index contributed by atoms with van der Waals surface area (Å²) < 4.78 is 27.5. The number of benzene rings is 1. The van der Waals surface area contributed by atoms with Crippen LogP contribution in [0.5, 0.6) is 0 Å². The van der Waals surface area contributed by atoms with Gasteiger partial charge in [0.15, 0.2) is 0 Å². The Bertz CT molecular complexity index is 846. The Morgan fingerprint density at radius 3 is 2.60 bits per heavy atom. The fraction of sp³-hybridized carbons (Fsp3) is 0.389. The maximum Gasteiger partial charge on any atom is 0.253 e. The van der Waals surface area contributed by atoms with Gasteiger partial charge in [0.05, 0.1) is 0 Å². The molecule has 0 aliphatic carbocycles. The van der Waals surface area contributed by atoms with E-state index in [0.717, 1.165) is 10.4 Å². The van der Waals surface area contributed by atoms with Crippen LogP contribution in [-0.2, 0) is 21.4 Å². The molecule has 1 unspecified atom stereocenters. The lowest BCUT2D eigenvalue weighted by Gasteiger charge is -2.27. The molecule has 0 radical (unpaired) electrons. The molecule has 5 nitrogen and oxygen atoms in total. The van der Waals surface area contributed by atoms with Crippen LogP contribution in [0.2, 0.25) is 0 Å². The molecule has 0 bridgehead atoms. The molecule has 1 fully saturated rings. The van der Waals surface area contributed by atoms with Gasteiger partial charge in [-0.25, -0.2) is 8.42 Å². The van der Waals surface area contributed by atoms with Crippen molar-refractivity contribution in [3.8, 4) is 0 Å². The molecule has 25 heavy (non-hydrogen) atoms. The summed E-state index contributed by atoms with van der Waals surface area (Å²) in [5.74, 6) is -0.141.